The van der Waals surface area contributed by atoms with Gasteiger partial charge in [-0.3, -0.25) is 10.1 Å². The molecule has 0 aliphatic rings. The van der Waals surface area contributed by atoms with Gasteiger partial charge in [-0.1, -0.05) is 36.0 Å². The molecule has 2 aromatic rings. The molecule has 0 aromatic heterocycles. The number of benzene rings is 2. The van der Waals surface area contributed by atoms with Gasteiger partial charge in [0.25, 0.3) is 5.69 Å². The Labute approximate surface area is 146 Å². The summed E-state index contributed by atoms with van der Waals surface area (Å²) in [6, 6.07) is 16.1. The Morgan fingerprint density at radius 1 is 1.08 bits per heavy atom. The molecule has 0 amide bonds. The highest BCUT2D eigenvalue weighted by Gasteiger charge is 2.12. The molecular formula is C19H19NO3S. The lowest BCUT2D eigenvalue weighted by atomic mass is 10.1. The maximum absolute atomic E-state index is 10.8. The molecule has 0 aliphatic carbocycles. The molecule has 0 N–H and O–H groups in total. The van der Waals surface area contributed by atoms with Crippen molar-refractivity contribution in [3.8, 4) is 5.75 Å². The summed E-state index contributed by atoms with van der Waals surface area (Å²) in [6.07, 6.45) is 2.02. The van der Waals surface area contributed by atoms with Crippen molar-refractivity contribution in [2.45, 2.75) is 20.8 Å². The molecule has 0 aliphatic heterocycles. The van der Waals surface area contributed by atoms with Crippen LogP contribution in [0.1, 0.15) is 26.3 Å². The topological polar surface area (TPSA) is 52.4 Å². The molecule has 0 radical (unpaired) electrons. The van der Waals surface area contributed by atoms with Gasteiger partial charge in [-0.15, -0.1) is 0 Å². The number of hydrogen-bond acceptors (Lipinski definition) is 4. The van der Waals surface area contributed by atoms with Crippen molar-refractivity contribution in [3.63, 3.8) is 0 Å². The molecular weight excluding hydrogens is 322 g/mol. The van der Waals surface area contributed by atoms with Crippen molar-refractivity contribution in [2.75, 3.05) is 0 Å². The minimum Gasteiger partial charge on any atom is -0.450 e. The van der Waals surface area contributed by atoms with Crippen LogP contribution in [0.25, 0.3) is 5.57 Å². The Morgan fingerprint density at radius 3 is 2.25 bits per heavy atom. The van der Waals surface area contributed by atoms with Gasteiger partial charge in [-0.2, -0.15) is 0 Å². The van der Waals surface area contributed by atoms with Crippen LogP contribution >= 0.6 is 11.8 Å². The van der Waals surface area contributed by atoms with Crippen molar-refractivity contribution >= 4 is 23.0 Å². The van der Waals surface area contributed by atoms with E-state index in [4.69, 9.17) is 4.74 Å². The molecule has 0 spiro atoms. The van der Waals surface area contributed by atoms with E-state index in [0.29, 0.717) is 0 Å². The van der Waals surface area contributed by atoms with Crippen LogP contribution < -0.4 is 4.74 Å². The van der Waals surface area contributed by atoms with Gasteiger partial charge in [0.1, 0.15) is 5.75 Å². The third kappa shape index (κ3) is 4.73. The van der Waals surface area contributed by atoms with Gasteiger partial charge >= 0.3 is 0 Å². The number of hydrogen-bond donors (Lipinski definition) is 0. The van der Waals surface area contributed by atoms with E-state index in [1.54, 1.807) is 12.1 Å². The predicted molar refractivity (Wildman–Crippen MR) is 99.8 cm³/mol. The van der Waals surface area contributed by atoms with E-state index in [1.807, 2.05) is 57.2 Å². The maximum atomic E-state index is 10.8. The minimum absolute atomic E-state index is 0.0781. The molecule has 5 heteroatoms. The van der Waals surface area contributed by atoms with Crippen molar-refractivity contribution < 1.29 is 9.66 Å². The number of non-ortho nitro benzene ring substituents is 1. The van der Waals surface area contributed by atoms with Crippen LogP contribution in [0.15, 0.2) is 70.7 Å². The predicted octanol–water partition coefficient (Wildman–Crippen LogP) is 6.02. The molecule has 0 unspecified atom stereocenters. The SMILES string of the molecule is C/C=C(/C)S/C(Oc1ccccc1)=C(\C)c1ccc([N+](=O)[O-])cc1. The van der Waals surface area contributed by atoms with E-state index >= 15 is 0 Å². The number of nitrogens with zero attached hydrogens (tertiary/aromatic N) is 1. The molecule has 0 saturated heterocycles. The lowest BCUT2D eigenvalue weighted by molar-refractivity contribution is -0.384. The Kier molecular flexibility index (Phi) is 6.21. The summed E-state index contributed by atoms with van der Waals surface area (Å²) in [6.45, 7) is 5.95. The Balaban J connectivity index is 2.38. The zero-order chi connectivity index (χ0) is 17.5. The van der Waals surface area contributed by atoms with Crippen molar-refractivity contribution in [2.24, 2.45) is 0 Å². The molecule has 0 saturated carbocycles. The van der Waals surface area contributed by atoms with Crippen LogP contribution in [-0.2, 0) is 0 Å². The lowest BCUT2D eigenvalue weighted by Gasteiger charge is -2.14. The first-order chi connectivity index (χ1) is 11.5. The average Bonchev–Trinajstić information content (AvgIpc) is 2.61. The van der Waals surface area contributed by atoms with E-state index in [1.165, 1.54) is 23.9 Å². The van der Waals surface area contributed by atoms with Crippen LogP contribution in [0.5, 0.6) is 5.75 Å². The van der Waals surface area contributed by atoms with Crippen LogP contribution in [-0.4, -0.2) is 4.92 Å². The number of nitro groups is 1. The van der Waals surface area contributed by atoms with Gasteiger partial charge < -0.3 is 4.74 Å². The maximum Gasteiger partial charge on any atom is 0.269 e. The highest BCUT2D eigenvalue weighted by molar-refractivity contribution is 8.06. The summed E-state index contributed by atoms with van der Waals surface area (Å²) in [5, 5.41) is 11.6. The van der Waals surface area contributed by atoms with E-state index in [9.17, 15) is 10.1 Å². The van der Waals surface area contributed by atoms with Crippen molar-refractivity contribution in [1.29, 1.82) is 0 Å². The number of rotatable bonds is 6. The van der Waals surface area contributed by atoms with Crippen LogP contribution in [0.3, 0.4) is 0 Å². The van der Waals surface area contributed by atoms with Gasteiger partial charge in [0.15, 0.2) is 5.09 Å². The lowest BCUT2D eigenvalue weighted by Crippen LogP contribution is -1.96. The van der Waals surface area contributed by atoms with E-state index < -0.39 is 4.92 Å². The number of thioether (sulfide) groups is 1. The number of nitro benzene ring substituents is 1. The minimum atomic E-state index is -0.400. The number of ether oxygens (including phenoxy) is 1. The third-order valence-corrected chi connectivity index (χ3v) is 4.56. The molecule has 124 valence electrons. The first-order valence-corrected chi connectivity index (χ1v) is 8.32. The molecule has 2 aromatic carbocycles. The van der Waals surface area contributed by atoms with Crippen molar-refractivity contribution in [3.05, 3.63) is 86.3 Å². The van der Waals surface area contributed by atoms with E-state index in [0.717, 1.165) is 26.9 Å². The first-order valence-electron chi connectivity index (χ1n) is 7.50. The highest BCUT2D eigenvalue weighted by Crippen LogP contribution is 2.34. The van der Waals surface area contributed by atoms with Crippen molar-refractivity contribution in [1.82, 2.24) is 0 Å². The van der Waals surface area contributed by atoms with Gasteiger partial charge in [-0.05, 0) is 55.5 Å². The molecule has 4 nitrogen and oxygen atoms in total. The second-order valence-electron chi connectivity index (χ2n) is 5.13. The molecule has 0 heterocycles. The smallest absolute Gasteiger partial charge is 0.269 e. The Hall–Kier alpha value is -2.53. The largest absolute Gasteiger partial charge is 0.450 e. The molecule has 0 atom stereocenters. The first kappa shape index (κ1) is 17.8. The van der Waals surface area contributed by atoms with Gasteiger partial charge in [0.2, 0.25) is 0 Å². The number of allylic oxidation sites excluding steroid dienone is 3. The Bertz CT molecular complexity index is 765. The summed E-state index contributed by atoms with van der Waals surface area (Å²) in [7, 11) is 0. The number of para-hydroxylation sites is 1. The fourth-order valence-electron chi connectivity index (χ4n) is 1.93. The van der Waals surface area contributed by atoms with E-state index in [2.05, 4.69) is 0 Å². The molecule has 0 fully saturated rings. The second kappa shape index (κ2) is 8.36. The second-order valence-corrected chi connectivity index (χ2v) is 6.35. The zero-order valence-electron chi connectivity index (χ0n) is 13.9. The third-order valence-electron chi connectivity index (χ3n) is 3.43. The average molecular weight is 341 g/mol. The summed E-state index contributed by atoms with van der Waals surface area (Å²) >= 11 is 1.54. The Morgan fingerprint density at radius 2 is 1.71 bits per heavy atom. The van der Waals surface area contributed by atoms with Gasteiger partial charge in [-0.25, -0.2) is 0 Å². The van der Waals surface area contributed by atoms with Gasteiger partial charge in [0.05, 0.1) is 4.92 Å². The standard InChI is InChI=1S/C19H19NO3S/c1-4-14(2)24-19(23-18-8-6-5-7-9-18)15(3)16-10-12-17(13-11-16)20(21)22/h4-13H,1-3H3/b14-4-,19-15+. The summed E-state index contributed by atoms with van der Waals surface area (Å²) in [5.41, 5.74) is 1.90. The molecule has 0 bridgehead atoms. The quantitative estimate of drug-likeness (QED) is 0.366. The zero-order valence-corrected chi connectivity index (χ0v) is 14.7. The monoisotopic (exact) mass is 341 g/mol. The highest BCUT2D eigenvalue weighted by atomic mass is 32.2. The van der Waals surface area contributed by atoms with Crippen LogP contribution in [0.4, 0.5) is 5.69 Å². The molecule has 2 rings (SSSR count). The normalized spacial score (nSPS) is 12.5. The fourth-order valence-corrected chi connectivity index (χ4v) is 2.74. The molecule has 24 heavy (non-hydrogen) atoms. The van der Waals surface area contributed by atoms with Gasteiger partial charge in [0, 0.05) is 17.7 Å². The van der Waals surface area contributed by atoms with Crippen LogP contribution in [0, 0.1) is 10.1 Å². The summed E-state index contributed by atoms with van der Waals surface area (Å²) in [4.78, 5) is 11.5. The van der Waals surface area contributed by atoms with Crippen LogP contribution in [0.2, 0.25) is 0 Å². The summed E-state index contributed by atoms with van der Waals surface area (Å²) in [5.74, 6) is 0.755. The van der Waals surface area contributed by atoms with E-state index in [-0.39, 0.29) is 5.69 Å². The fraction of sp³-hybridized carbons (Fsp3) is 0.158. The summed E-state index contributed by atoms with van der Waals surface area (Å²) < 4.78 is 6.05.